The van der Waals surface area contributed by atoms with E-state index < -0.39 is 11.7 Å². The molecular formula is C25H25F3N8O2. The third kappa shape index (κ3) is 4.38. The zero-order valence-electron chi connectivity index (χ0n) is 20.5. The lowest BCUT2D eigenvalue weighted by atomic mass is 10.1. The van der Waals surface area contributed by atoms with E-state index in [1.54, 1.807) is 24.5 Å². The van der Waals surface area contributed by atoms with Crippen molar-refractivity contribution in [2.24, 2.45) is 0 Å². The maximum Gasteiger partial charge on any atom is 0.416 e. The number of hydrogen-bond donors (Lipinski definition) is 1. The second kappa shape index (κ2) is 9.24. The molecule has 0 atom stereocenters. The van der Waals surface area contributed by atoms with Crippen molar-refractivity contribution in [1.82, 2.24) is 29.0 Å². The molecule has 198 valence electrons. The summed E-state index contributed by atoms with van der Waals surface area (Å²) in [5.41, 5.74) is 7.31. The Kier molecular flexibility index (Phi) is 5.86. The van der Waals surface area contributed by atoms with Gasteiger partial charge in [0.25, 0.3) is 0 Å². The Hall–Kier alpha value is -4.26. The summed E-state index contributed by atoms with van der Waals surface area (Å²) in [4.78, 5) is 13.4. The van der Waals surface area contributed by atoms with Crippen molar-refractivity contribution in [3.63, 3.8) is 0 Å². The average molecular weight is 527 g/mol. The number of benzene rings is 1. The second-order valence-corrected chi connectivity index (χ2v) is 9.11. The fourth-order valence-corrected chi connectivity index (χ4v) is 4.78. The number of anilines is 2. The first-order valence-corrected chi connectivity index (χ1v) is 12.1. The van der Waals surface area contributed by atoms with Crippen molar-refractivity contribution >= 4 is 28.3 Å². The van der Waals surface area contributed by atoms with Crippen LogP contribution in [0.25, 0.3) is 28.3 Å². The van der Waals surface area contributed by atoms with E-state index in [9.17, 15) is 13.2 Å². The Bertz CT molecular complexity index is 1580. The number of fused-ring (bicyclic) bond motifs is 3. The monoisotopic (exact) mass is 526 g/mol. The Morgan fingerprint density at radius 1 is 1.03 bits per heavy atom. The molecule has 0 aliphatic carbocycles. The normalized spacial score (nSPS) is 15.1. The molecule has 38 heavy (non-hydrogen) atoms. The molecule has 10 nitrogen and oxygen atoms in total. The van der Waals surface area contributed by atoms with Crippen LogP contribution in [0.2, 0.25) is 0 Å². The Balaban J connectivity index is 1.15. The highest BCUT2D eigenvalue weighted by atomic mass is 19.4. The lowest BCUT2D eigenvalue weighted by Gasteiger charge is -2.36. The Morgan fingerprint density at radius 2 is 1.84 bits per heavy atom. The zero-order valence-corrected chi connectivity index (χ0v) is 20.5. The van der Waals surface area contributed by atoms with Crippen LogP contribution in [-0.2, 0) is 12.7 Å². The van der Waals surface area contributed by atoms with E-state index >= 15 is 0 Å². The number of methoxy groups -OCH3 is 1. The number of aromatic nitrogens is 5. The predicted molar refractivity (Wildman–Crippen MR) is 135 cm³/mol. The van der Waals surface area contributed by atoms with Crippen molar-refractivity contribution in [2.45, 2.75) is 12.7 Å². The third-order valence-electron chi connectivity index (χ3n) is 6.81. The Morgan fingerprint density at radius 3 is 2.55 bits per heavy atom. The predicted octanol–water partition coefficient (Wildman–Crippen LogP) is 3.77. The molecule has 0 saturated carbocycles. The average Bonchev–Trinajstić information content (AvgIpc) is 3.67. The van der Waals surface area contributed by atoms with Crippen molar-refractivity contribution in [3.05, 3.63) is 54.4 Å². The number of alkyl halides is 3. The largest absolute Gasteiger partial charge is 0.497 e. The van der Waals surface area contributed by atoms with Crippen LogP contribution >= 0.6 is 0 Å². The molecule has 5 heterocycles. The lowest BCUT2D eigenvalue weighted by molar-refractivity contribution is -0.137. The molecule has 1 saturated heterocycles. The van der Waals surface area contributed by atoms with Crippen LogP contribution < -0.4 is 15.4 Å². The minimum Gasteiger partial charge on any atom is -0.497 e. The molecular weight excluding hydrogens is 501 g/mol. The summed E-state index contributed by atoms with van der Waals surface area (Å²) in [6.07, 6.45) is -0.922. The number of nitrogens with zero attached hydrogens (tertiary/aromatic N) is 7. The number of furan rings is 1. The fraction of sp³-hybridized carbons (Fsp3) is 0.320. The molecule has 13 heteroatoms. The zero-order chi connectivity index (χ0) is 26.4. The van der Waals surface area contributed by atoms with Gasteiger partial charge in [0.15, 0.2) is 11.4 Å². The van der Waals surface area contributed by atoms with Gasteiger partial charge in [0.2, 0.25) is 11.8 Å². The molecule has 1 fully saturated rings. The van der Waals surface area contributed by atoms with Gasteiger partial charge < -0.3 is 24.4 Å². The van der Waals surface area contributed by atoms with E-state index in [0.717, 1.165) is 18.0 Å². The van der Waals surface area contributed by atoms with E-state index in [-0.39, 0.29) is 11.7 Å². The van der Waals surface area contributed by atoms with Gasteiger partial charge in [0.05, 0.1) is 24.3 Å². The minimum absolute atomic E-state index is 0.196. The summed E-state index contributed by atoms with van der Waals surface area (Å²) in [6.45, 7) is 4.07. The van der Waals surface area contributed by atoms with Crippen LogP contribution in [-0.4, -0.2) is 68.9 Å². The van der Waals surface area contributed by atoms with Crippen molar-refractivity contribution in [1.29, 1.82) is 0 Å². The van der Waals surface area contributed by atoms with Gasteiger partial charge in [0, 0.05) is 57.2 Å². The van der Waals surface area contributed by atoms with Crippen LogP contribution in [0.15, 0.2) is 53.3 Å². The van der Waals surface area contributed by atoms with Crippen LogP contribution in [0, 0.1) is 0 Å². The molecule has 1 aliphatic rings. The van der Waals surface area contributed by atoms with Gasteiger partial charge in [0.1, 0.15) is 11.4 Å². The number of rotatable bonds is 6. The molecule has 5 aromatic rings. The molecule has 2 N–H and O–H groups in total. The summed E-state index contributed by atoms with van der Waals surface area (Å²) >= 11 is 0. The maximum absolute atomic E-state index is 13.3. The topological polar surface area (TPSA) is 103 Å². The summed E-state index contributed by atoms with van der Waals surface area (Å²) in [5, 5.41) is 5.25. The molecule has 6 rings (SSSR count). The maximum atomic E-state index is 13.3. The smallest absolute Gasteiger partial charge is 0.416 e. The highest BCUT2D eigenvalue weighted by Crippen LogP contribution is 2.35. The van der Waals surface area contributed by atoms with Gasteiger partial charge in [-0.2, -0.15) is 22.7 Å². The number of nitrogen functional groups attached to an aromatic ring is 1. The highest BCUT2D eigenvalue weighted by Gasteiger charge is 2.32. The lowest BCUT2D eigenvalue weighted by Crippen LogP contribution is -2.47. The molecule has 4 aromatic heterocycles. The number of nitrogens with two attached hydrogens (primary N) is 1. The van der Waals surface area contributed by atoms with E-state index in [2.05, 4.69) is 20.0 Å². The van der Waals surface area contributed by atoms with E-state index in [1.807, 2.05) is 21.7 Å². The molecule has 0 amide bonds. The molecule has 0 bridgehead atoms. The molecule has 0 unspecified atom stereocenters. The van der Waals surface area contributed by atoms with Crippen molar-refractivity contribution in [3.8, 4) is 17.3 Å². The van der Waals surface area contributed by atoms with Crippen molar-refractivity contribution < 1.29 is 22.3 Å². The molecule has 1 aromatic carbocycles. The molecule has 0 spiro atoms. The second-order valence-electron chi connectivity index (χ2n) is 9.11. The van der Waals surface area contributed by atoms with Gasteiger partial charge in [-0.3, -0.25) is 4.90 Å². The van der Waals surface area contributed by atoms with Gasteiger partial charge in [-0.15, -0.1) is 5.10 Å². The SMILES string of the molecule is COc1cc(N2CCN(CCn3ccc4c3nc(N)n3nc(-c5ccco5)nc43)CC2)cc(C(F)(F)F)c1. The Labute approximate surface area is 215 Å². The number of halogens is 3. The highest BCUT2D eigenvalue weighted by molar-refractivity contribution is 5.91. The fourth-order valence-electron chi connectivity index (χ4n) is 4.78. The quantitative estimate of drug-likeness (QED) is 0.357. The van der Waals surface area contributed by atoms with Crippen molar-refractivity contribution in [2.75, 3.05) is 50.5 Å². The van der Waals surface area contributed by atoms with Gasteiger partial charge in [-0.25, -0.2) is 4.98 Å². The minimum atomic E-state index is -4.43. The van der Waals surface area contributed by atoms with Crippen LogP contribution in [0.5, 0.6) is 5.75 Å². The number of ether oxygens (including phenoxy) is 1. The third-order valence-corrected chi connectivity index (χ3v) is 6.81. The first-order valence-electron chi connectivity index (χ1n) is 12.1. The van der Waals surface area contributed by atoms with Gasteiger partial charge in [-0.1, -0.05) is 0 Å². The van der Waals surface area contributed by atoms with E-state index in [1.165, 1.54) is 17.7 Å². The van der Waals surface area contributed by atoms with Gasteiger partial charge >= 0.3 is 6.18 Å². The van der Waals surface area contributed by atoms with Crippen LogP contribution in [0.1, 0.15) is 5.56 Å². The number of hydrogen-bond acceptors (Lipinski definition) is 8. The van der Waals surface area contributed by atoms with Gasteiger partial charge in [-0.05, 0) is 30.3 Å². The van der Waals surface area contributed by atoms with E-state index in [0.29, 0.717) is 61.3 Å². The summed E-state index contributed by atoms with van der Waals surface area (Å²) in [7, 11) is 1.37. The summed E-state index contributed by atoms with van der Waals surface area (Å²) < 4.78 is 54.0. The van der Waals surface area contributed by atoms with E-state index in [4.69, 9.17) is 14.9 Å². The van der Waals surface area contributed by atoms with Crippen LogP contribution in [0.3, 0.4) is 0 Å². The first-order chi connectivity index (χ1) is 18.3. The first kappa shape index (κ1) is 24.1. The molecule has 1 aliphatic heterocycles. The van der Waals surface area contributed by atoms with Crippen LogP contribution in [0.4, 0.5) is 24.8 Å². The summed E-state index contributed by atoms with van der Waals surface area (Å²) in [5.74, 6) is 1.40. The molecule has 0 radical (unpaired) electrons. The summed E-state index contributed by atoms with van der Waals surface area (Å²) in [6, 6.07) is 9.34. The number of piperazine rings is 1. The standard InChI is InChI=1S/C25H25F3N8O2/c1-37-18-14-16(25(26,27)28)13-17(15-18)34-9-6-33(7-10-34)8-11-35-5-4-19-22(35)31-24(29)36-23(19)30-21(32-36)20-3-2-12-38-20/h2-5,12-15H,6-11H2,1H3,(H2,29,31).